The number of piperidine rings is 1. The van der Waals surface area contributed by atoms with Crippen molar-refractivity contribution in [2.75, 3.05) is 19.6 Å². The third-order valence-electron chi connectivity index (χ3n) is 4.83. The van der Waals surface area contributed by atoms with Gasteiger partial charge in [-0.2, -0.15) is 0 Å². The Balaban J connectivity index is 1.74. The van der Waals surface area contributed by atoms with Gasteiger partial charge in [-0.25, -0.2) is 0 Å². The van der Waals surface area contributed by atoms with E-state index in [1.165, 1.54) is 64.6 Å². The second-order valence-electron chi connectivity index (χ2n) is 5.62. The van der Waals surface area contributed by atoms with Crippen LogP contribution in [0, 0.1) is 0 Å². The number of hydrogen-bond acceptors (Lipinski definition) is 2. The highest BCUT2D eigenvalue weighted by Crippen LogP contribution is 2.48. The van der Waals surface area contributed by atoms with Gasteiger partial charge in [0.2, 0.25) is 0 Å². The smallest absolute Gasteiger partial charge is 0.0755 e. The third-order valence-corrected chi connectivity index (χ3v) is 4.83. The lowest BCUT2D eigenvalue weighted by Gasteiger charge is -2.67. The number of hydrogen-bond donors (Lipinski definition) is 0. The molecule has 2 heteroatoms. The molecule has 3 saturated heterocycles. The van der Waals surface area contributed by atoms with E-state index in [-0.39, 0.29) is 0 Å². The lowest BCUT2D eigenvalue weighted by atomic mass is 9.75. The topological polar surface area (TPSA) is 6.48 Å². The maximum atomic E-state index is 2.85. The fraction of sp³-hybridized carbons (Fsp3) is 1.00. The Kier molecular flexibility index (Phi) is 2.52. The first-order chi connectivity index (χ1) is 7.37. The summed E-state index contributed by atoms with van der Waals surface area (Å²) in [6, 6.07) is 0.927. The molecule has 2 unspecified atom stereocenters. The Morgan fingerprint density at radius 1 is 1.13 bits per heavy atom. The molecular formula is C13H24N2. The van der Waals surface area contributed by atoms with Crippen LogP contribution in [0.2, 0.25) is 0 Å². The molecule has 0 bridgehead atoms. The van der Waals surface area contributed by atoms with Crippen LogP contribution in [0.5, 0.6) is 0 Å². The van der Waals surface area contributed by atoms with E-state index in [4.69, 9.17) is 0 Å². The zero-order valence-electron chi connectivity index (χ0n) is 10.0. The fourth-order valence-electron chi connectivity index (χ4n) is 4.20. The molecule has 1 spiro atoms. The Morgan fingerprint density at radius 3 is 2.87 bits per heavy atom. The molecule has 0 radical (unpaired) electrons. The minimum atomic E-state index is 0.552. The molecule has 3 heterocycles. The summed E-state index contributed by atoms with van der Waals surface area (Å²) in [7, 11) is 0. The van der Waals surface area contributed by atoms with Gasteiger partial charge in [0.25, 0.3) is 0 Å². The lowest BCUT2D eigenvalue weighted by Crippen LogP contribution is -2.76. The fourth-order valence-corrected chi connectivity index (χ4v) is 4.20. The SMILES string of the molecule is CCCC1CC23CCCCN2CCCN13. The average molecular weight is 208 g/mol. The van der Waals surface area contributed by atoms with Gasteiger partial charge in [-0.15, -0.1) is 0 Å². The average Bonchev–Trinajstić information content (AvgIpc) is 2.25. The molecule has 2 nitrogen and oxygen atoms in total. The van der Waals surface area contributed by atoms with Crippen molar-refractivity contribution in [2.24, 2.45) is 0 Å². The third kappa shape index (κ3) is 1.38. The van der Waals surface area contributed by atoms with Crippen LogP contribution in [0.15, 0.2) is 0 Å². The van der Waals surface area contributed by atoms with E-state index in [0.717, 1.165) is 6.04 Å². The van der Waals surface area contributed by atoms with Gasteiger partial charge < -0.3 is 0 Å². The first-order valence-corrected chi connectivity index (χ1v) is 6.88. The van der Waals surface area contributed by atoms with Crippen molar-refractivity contribution < 1.29 is 0 Å². The van der Waals surface area contributed by atoms with Crippen LogP contribution < -0.4 is 0 Å². The first-order valence-electron chi connectivity index (χ1n) is 6.88. The molecule has 86 valence electrons. The Morgan fingerprint density at radius 2 is 2.00 bits per heavy atom. The van der Waals surface area contributed by atoms with Gasteiger partial charge in [-0.05, 0) is 45.1 Å². The molecule has 0 aromatic heterocycles. The van der Waals surface area contributed by atoms with Gasteiger partial charge in [0.15, 0.2) is 0 Å². The van der Waals surface area contributed by atoms with E-state index in [2.05, 4.69) is 16.7 Å². The van der Waals surface area contributed by atoms with E-state index >= 15 is 0 Å². The number of rotatable bonds is 2. The zero-order valence-corrected chi connectivity index (χ0v) is 10.0. The van der Waals surface area contributed by atoms with Crippen molar-refractivity contribution in [3.05, 3.63) is 0 Å². The van der Waals surface area contributed by atoms with Crippen molar-refractivity contribution in [1.82, 2.24) is 9.80 Å². The first kappa shape index (κ1) is 10.1. The summed E-state index contributed by atoms with van der Waals surface area (Å²) in [5.74, 6) is 0. The summed E-state index contributed by atoms with van der Waals surface area (Å²) in [6.45, 7) is 6.44. The van der Waals surface area contributed by atoms with Gasteiger partial charge in [0.05, 0.1) is 5.66 Å². The Hall–Kier alpha value is -0.0800. The van der Waals surface area contributed by atoms with Crippen LogP contribution in [0.4, 0.5) is 0 Å². The molecule has 0 aliphatic carbocycles. The van der Waals surface area contributed by atoms with Crippen LogP contribution in [0.25, 0.3) is 0 Å². The van der Waals surface area contributed by atoms with Crippen molar-refractivity contribution in [1.29, 1.82) is 0 Å². The Labute approximate surface area is 93.6 Å². The molecule has 0 N–H and O–H groups in total. The maximum Gasteiger partial charge on any atom is 0.0755 e. The monoisotopic (exact) mass is 208 g/mol. The quantitative estimate of drug-likeness (QED) is 0.688. The van der Waals surface area contributed by atoms with Gasteiger partial charge in [-0.1, -0.05) is 13.3 Å². The predicted molar refractivity (Wildman–Crippen MR) is 62.8 cm³/mol. The van der Waals surface area contributed by atoms with Crippen LogP contribution in [-0.4, -0.2) is 41.1 Å². The summed E-state index contributed by atoms with van der Waals surface area (Å²) in [5, 5.41) is 0. The van der Waals surface area contributed by atoms with Gasteiger partial charge >= 0.3 is 0 Å². The minimum Gasteiger partial charge on any atom is -0.285 e. The lowest BCUT2D eigenvalue weighted by molar-refractivity contribution is -0.213. The highest BCUT2D eigenvalue weighted by molar-refractivity contribution is 5.08. The second-order valence-corrected chi connectivity index (χ2v) is 5.62. The highest BCUT2D eigenvalue weighted by Gasteiger charge is 2.56. The molecule has 0 aromatic carbocycles. The summed E-state index contributed by atoms with van der Waals surface area (Å²) in [6.07, 6.45) is 10.0. The Bertz CT molecular complexity index is 239. The van der Waals surface area contributed by atoms with E-state index in [0.29, 0.717) is 5.66 Å². The summed E-state index contributed by atoms with van der Waals surface area (Å²) in [4.78, 5) is 5.64. The number of nitrogens with zero attached hydrogens (tertiary/aromatic N) is 2. The summed E-state index contributed by atoms with van der Waals surface area (Å²) >= 11 is 0. The second kappa shape index (κ2) is 3.74. The van der Waals surface area contributed by atoms with Gasteiger partial charge in [-0.3, -0.25) is 9.80 Å². The standard InChI is InChI=1S/C13H24N2/c1-2-6-12-11-13-7-3-4-8-14(13)9-5-10-15(12)13/h12H,2-11H2,1H3. The molecule has 3 aliphatic heterocycles. The van der Waals surface area contributed by atoms with Crippen LogP contribution in [0.3, 0.4) is 0 Å². The molecular weight excluding hydrogens is 184 g/mol. The van der Waals surface area contributed by atoms with Gasteiger partial charge in [0.1, 0.15) is 0 Å². The normalized spacial score (nSPS) is 41.8. The zero-order chi connectivity index (χ0) is 10.3. The molecule has 0 amide bonds. The van der Waals surface area contributed by atoms with Crippen LogP contribution >= 0.6 is 0 Å². The van der Waals surface area contributed by atoms with Crippen molar-refractivity contribution >= 4 is 0 Å². The van der Waals surface area contributed by atoms with Crippen molar-refractivity contribution in [2.45, 2.75) is 63.6 Å². The van der Waals surface area contributed by atoms with Gasteiger partial charge in [0, 0.05) is 19.1 Å². The largest absolute Gasteiger partial charge is 0.285 e. The molecule has 3 rings (SSSR count). The van der Waals surface area contributed by atoms with E-state index in [1.807, 2.05) is 0 Å². The molecule has 0 aromatic rings. The predicted octanol–water partition coefficient (Wildman–Crippen LogP) is 2.45. The van der Waals surface area contributed by atoms with E-state index < -0.39 is 0 Å². The van der Waals surface area contributed by atoms with Crippen molar-refractivity contribution in [3.8, 4) is 0 Å². The van der Waals surface area contributed by atoms with E-state index in [9.17, 15) is 0 Å². The van der Waals surface area contributed by atoms with Crippen LogP contribution in [0.1, 0.15) is 51.9 Å². The molecule has 3 fully saturated rings. The molecule has 3 aliphatic rings. The maximum absolute atomic E-state index is 2.85. The molecule has 2 atom stereocenters. The molecule has 0 saturated carbocycles. The summed E-state index contributed by atoms with van der Waals surface area (Å²) in [5.41, 5.74) is 0.552. The van der Waals surface area contributed by atoms with E-state index in [1.54, 1.807) is 0 Å². The highest BCUT2D eigenvalue weighted by atomic mass is 15.5. The van der Waals surface area contributed by atoms with Crippen molar-refractivity contribution in [3.63, 3.8) is 0 Å². The minimum absolute atomic E-state index is 0.552. The molecule has 15 heavy (non-hydrogen) atoms. The van der Waals surface area contributed by atoms with Crippen LogP contribution in [-0.2, 0) is 0 Å². The summed E-state index contributed by atoms with van der Waals surface area (Å²) < 4.78 is 0.